The third-order valence-electron chi connectivity index (χ3n) is 8.73. The Balaban J connectivity index is 1.65. The molecule has 23 heavy (non-hydrogen) atoms. The second-order valence-electron chi connectivity index (χ2n) is 9.62. The summed E-state index contributed by atoms with van der Waals surface area (Å²) >= 11 is 0. The number of hydrogen-bond donors (Lipinski definition) is 2. The quantitative estimate of drug-likeness (QED) is 0.707. The number of allylic oxidation sites excluding steroid dienone is 1. The molecular weight excluding hydrogens is 284 g/mol. The molecule has 2 nitrogen and oxygen atoms in total. The van der Waals surface area contributed by atoms with Crippen LogP contribution in [0.4, 0.5) is 0 Å². The molecule has 130 valence electrons. The standard InChI is InChI=1S/C21H34O2/c1-13(22)17-6-7-18-16-5-4-14-12-15(23)8-10-20(14,2)19(16)9-11-21(17,18)3/h4,13,15-19,22-23H,5-12H2,1-3H3/t13-,15+,16+,17+,18-,19-,20+,21-/m1/s1. The lowest BCUT2D eigenvalue weighted by molar-refractivity contribution is -0.0675. The Morgan fingerprint density at radius 3 is 2.61 bits per heavy atom. The fourth-order valence-corrected chi connectivity index (χ4v) is 7.47. The molecule has 4 rings (SSSR count). The minimum absolute atomic E-state index is 0.106. The number of aliphatic hydroxyl groups excluding tert-OH is 2. The van der Waals surface area contributed by atoms with E-state index >= 15 is 0 Å². The lowest BCUT2D eigenvalue weighted by atomic mass is 9.47. The summed E-state index contributed by atoms with van der Waals surface area (Å²) in [6, 6.07) is 0. The molecule has 0 aromatic rings. The Kier molecular flexibility index (Phi) is 3.74. The van der Waals surface area contributed by atoms with E-state index in [2.05, 4.69) is 19.9 Å². The maximum absolute atomic E-state index is 10.3. The van der Waals surface area contributed by atoms with Gasteiger partial charge < -0.3 is 10.2 Å². The number of rotatable bonds is 1. The summed E-state index contributed by atoms with van der Waals surface area (Å²) in [6.45, 7) is 6.98. The van der Waals surface area contributed by atoms with Crippen LogP contribution in [-0.4, -0.2) is 22.4 Å². The molecule has 4 aliphatic rings. The number of aliphatic hydroxyl groups is 2. The van der Waals surface area contributed by atoms with Crippen molar-refractivity contribution in [2.45, 2.75) is 84.3 Å². The predicted molar refractivity (Wildman–Crippen MR) is 92.9 cm³/mol. The van der Waals surface area contributed by atoms with Crippen LogP contribution in [0, 0.1) is 34.5 Å². The predicted octanol–water partition coefficient (Wildman–Crippen LogP) is 4.31. The first kappa shape index (κ1) is 16.1. The van der Waals surface area contributed by atoms with E-state index in [0.717, 1.165) is 30.6 Å². The smallest absolute Gasteiger partial charge is 0.0577 e. The SMILES string of the molecule is C[C@@H](O)[C@@H]1CC[C@@H]2[C@@H]3CC=C4C[C@@H](O)CC[C@]4(C)[C@@H]3CC[C@@]21C. The highest BCUT2D eigenvalue weighted by atomic mass is 16.3. The summed E-state index contributed by atoms with van der Waals surface area (Å²) in [4.78, 5) is 0. The third-order valence-corrected chi connectivity index (χ3v) is 8.73. The molecule has 8 atom stereocenters. The van der Waals surface area contributed by atoms with E-state index in [0.29, 0.717) is 16.7 Å². The average molecular weight is 319 g/mol. The van der Waals surface area contributed by atoms with E-state index < -0.39 is 0 Å². The summed E-state index contributed by atoms with van der Waals surface area (Å²) in [5.74, 6) is 2.91. The van der Waals surface area contributed by atoms with Crippen molar-refractivity contribution in [1.29, 1.82) is 0 Å². The van der Waals surface area contributed by atoms with E-state index in [4.69, 9.17) is 0 Å². The lowest BCUT2D eigenvalue weighted by Crippen LogP contribution is -2.51. The zero-order valence-electron chi connectivity index (χ0n) is 15.1. The second kappa shape index (κ2) is 5.33. The van der Waals surface area contributed by atoms with Crippen LogP contribution in [0.2, 0.25) is 0 Å². The lowest BCUT2D eigenvalue weighted by Gasteiger charge is -2.58. The minimum Gasteiger partial charge on any atom is -0.393 e. The van der Waals surface area contributed by atoms with Gasteiger partial charge in [0.05, 0.1) is 12.2 Å². The highest BCUT2D eigenvalue weighted by molar-refractivity contribution is 5.25. The van der Waals surface area contributed by atoms with Crippen molar-refractivity contribution >= 4 is 0 Å². The molecule has 0 bridgehead atoms. The van der Waals surface area contributed by atoms with Crippen molar-refractivity contribution < 1.29 is 10.2 Å². The van der Waals surface area contributed by atoms with E-state index in [-0.39, 0.29) is 12.2 Å². The van der Waals surface area contributed by atoms with Crippen molar-refractivity contribution in [2.75, 3.05) is 0 Å². The van der Waals surface area contributed by atoms with Crippen molar-refractivity contribution in [1.82, 2.24) is 0 Å². The first-order valence-electron chi connectivity index (χ1n) is 9.92. The summed E-state index contributed by atoms with van der Waals surface area (Å²) in [7, 11) is 0. The Labute approximate surface area is 141 Å². The molecule has 4 aliphatic carbocycles. The van der Waals surface area contributed by atoms with Crippen molar-refractivity contribution in [3.05, 3.63) is 11.6 Å². The summed E-state index contributed by atoms with van der Waals surface area (Å²) in [5, 5.41) is 20.4. The van der Waals surface area contributed by atoms with Gasteiger partial charge in [0.1, 0.15) is 0 Å². The molecule has 0 aliphatic heterocycles. The average Bonchev–Trinajstić information content (AvgIpc) is 2.85. The van der Waals surface area contributed by atoms with Crippen LogP contribution in [0.15, 0.2) is 11.6 Å². The minimum atomic E-state index is -0.156. The van der Waals surface area contributed by atoms with Gasteiger partial charge in [0.15, 0.2) is 0 Å². The van der Waals surface area contributed by atoms with Crippen LogP contribution < -0.4 is 0 Å². The fourth-order valence-electron chi connectivity index (χ4n) is 7.47. The molecule has 3 saturated carbocycles. The highest BCUT2D eigenvalue weighted by Crippen LogP contribution is 2.66. The molecule has 0 aromatic heterocycles. The van der Waals surface area contributed by atoms with Gasteiger partial charge in [-0.1, -0.05) is 25.5 Å². The molecule has 0 radical (unpaired) electrons. The molecule has 2 N–H and O–H groups in total. The van der Waals surface area contributed by atoms with E-state index in [1.54, 1.807) is 5.57 Å². The molecule has 2 heteroatoms. The molecule has 0 unspecified atom stereocenters. The van der Waals surface area contributed by atoms with Gasteiger partial charge >= 0.3 is 0 Å². The Morgan fingerprint density at radius 1 is 1.09 bits per heavy atom. The first-order valence-corrected chi connectivity index (χ1v) is 9.92. The largest absolute Gasteiger partial charge is 0.393 e. The molecule has 0 aromatic carbocycles. The Hall–Kier alpha value is -0.340. The van der Waals surface area contributed by atoms with Crippen molar-refractivity contribution in [3.8, 4) is 0 Å². The topological polar surface area (TPSA) is 40.5 Å². The van der Waals surface area contributed by atoms with Gasteiger partial charge in [-0.25, -0.2) is 0 Å². The van der Waals surface area contributed by atoms with Gasteiger partial charge in [-0.05, 0) is 92.8 Å². The second-order valence-corrected chi connectivity index (χ2v) is 9.62. The fraction of sp³-hybridized carbons (Fsp3) is 0.905. The van der Waals surface area contributed by atoms with Gasteiger partial charge in [0.25, 0.3) is 0 Å². The van der Waals surface area contributed by atoms with Gasteiger partial charge in [0, 0.05) is 0 Å². The first-order chi connectivity index (χ1) is 10.9. The van der Waals surface area contributed by atoms with Gasteiger partial charge in [0.2, 0.25) is 0 Å². The Bertz CT molecular complexity index is 510. The van der Waals surface area contributed by atoms with Crippen LogP contribution in [-0.2, 0) is 0 Å². The van der Waals surface area contributed by atoms with E-state index in [1.165, 1.54) is 38.5 Å². The maximum atomic E-state index is 10.3. The van der Waals surface area contributed by atoms with E-state index in [9.17, 15) is 10.2 Å². The van der Waals surface area contributed by atoms with Gasteiger partial charge in [-0.15, -0.1) is 0 Å². The highest BCUT2D eigenvalue weighted by Gasteiger charge is 2.59. The zero-order valence-corrected chi connectivity index (χ0v) is 15.1. The number of hydrogen-bond acceptors (Lipinski definition) is 2. The molecular formula is C21H34O2. The third kappa shape index (κ3) is 2.20. The van der Waals surface area contributed by atoms with E-state index in [1.807, 2.05) is 6.92 Å². The molecule has 0 saturated heterocycles. The van der Waals surface area contributed by atoms with Crippen LogP contribution in [0.1, 0.15) is 72.1 Å². The maximum Gasteiger partial charge on any atom is 0.0577 e. The molecule has 0 amide bonds. The molecule has 0 heterocycles. The van der Waals surface area contributed by atoms with Crippen LogP contribution in [0.3, 0.4) is 0 Å². The zero-order chi connectivity index (χ0) is 16.4. The monoisotopic (exact) mass is 318 g/mol. The number of fused-ring (bicyclic) bond motifs is 5. The molecule has 0 spiro atoms. The van der Waals surface area contributed by atoms with Crippen molar-refractivity contribution in [2.24, 2.45) is 34.5 Å². The summed E-state index contributed by atoms with van der Waals surface area (Å²) in [6.07, 6.45) is 11.7. The van der Waals surface area contributed by atoms with Gasteiger partial charge in [-0.2, -0.15) is 0 Å². The van der Waals surface area contributed by atoms with Crippen molar-refractivity contribution in [3.63, 3.8) is 0 Å². The summed E-state index contributed by atoms with van der Waals surface area (Å²) < 4.78 is 0. The summed E-state index contributed by atoms with van der Waals surface area (Å²) in [5.41, 5.74) is 2.25. The van der Waals surface area contributed by atoms with Crippen LogP contribution >= 0.6 is 0 Å². The molecule has 3 fully saturated rings. The van der Waals surface area contributed by atoms with Crippen LogP contribution in [0.5, 0.6) is 0 Å². The van der Waals surface area contributed by atoms with Crippen LogP contribution in [0.25, 0.3) is 0 Å². The van der Waals surface area contributed by atoms with Gasteiger partial charge in [-0.3, -0.25) is 0 Å². The normalized spacial score (nSPS) is 53.8. The Morgan fingerprint density at radius 2 is 1.87 bits per heavy atom.